The quantitative estimate of drug-likeness (QED) is 0.439. The molecule has 10 heteroatoms. The van der Waals surface area contributed by atoms with E-state index in [1.165, 1.54) is 30.7 Å². The van der Waals surface area contributed by atoms with Gasteiger partial charge in [-0.3, -0.25) is 9.59 Å². The van der Waals surface area contributed by atoms with Crippen LogP contribution in [0.1, 0.15) is 27.2 Å². The maximum Gasteiger partial charge on any atom is 0.416 e. The van der Waals surface area contributed by atoms with Crippen molar-refractivity contribution in [1.82, 2.24) is 9.97 Å². The number of benzene rings is 2. The van der Waals surface area contributed by atoms with Gasteiger partial charge in [0.2, 0.25) is 0 Å². The van der Waals surface area contributed by atoms with Gasteiger partial charge in [0.05, 0.1) is 34.9 Å². The first-order valence-corrected chi connectivity index (χ1v) is 8.56. The summed E-state index contributed by atoms with van der Waals surface area (Å²) in [7, 11) is 0. The second-order valence-corrected chi connectivity index (χ2v) is 6.43. The molecule has 152 valence electrons. The van der Waals surface area contributed by atoms with Crippen LogP contribution < -0.4 is 10.6 Å². The van der Waals surface area contributed by atoms with Crippen LogP contribution in [-0.2, 0) is 11.0 Å². The van der Waals surface area contributed by atoms with Gasteiger partial charge in [0.1, 0.15) is 5.82 Å². The minimum absolute atomic E-state index is 0.183. The zero-order valence-corrected chi connectivity index (χ0v) is 15.0. The molecular formula is C20H12F4N4O2. The molecule has 1 aromatic heterocycles. The van der Waals surface area contributed by atoms with E-state index in [0.29, 0.717) is 40.7 Å². The smallest absolute Gasteiger partial charge is 0.345 e. The first-order chi connectivity index (χ1) is 14.2. The molecule has 0 spiro atoms. The molecule has 0 radical (unpaired) electrons. The number of nitrogens with zero attached hydrogens (tertiary/aromatic N) is 1. The number of alkyl halides is 3. The lowest BCUT2D eigenvalue weighted by Gasteiger charge is -2.11. The Bertz CT molecular complexity index is 1180. The van der Waals surface area contributed by atoms with E-state index in [0.717, 1.165) is 0 Å². The summed E-state index contributed by atoms with van der Waals surface area (Å²) in [5, 5.41) is 5.04. The Labute approximate surface area is 166 Å². The van der Waals surface area contributed by atoms with Crippen LogP contribution in [0.5, 0.6) is 0 Å². The van der Waals surface area contributed by atoms with Crippen LogP contribution in [0.3, 0.4) is 0 Å². The van der Waals surface area contributed by atoms with Crippen LogP contribution >= 0.6 is 0 Å². The van der Waals surface area contributed by atoms with E-state index < -0.39 is 29.0 Å². The van der Waals surface area contributed by atoms with Gasteiger partial charge in [-0.1, -0.05) is 0 Å². The molecule has 0 aliphatic carbocycles. The van der Waals surface area contributed by atoms with Crippen LogP contribution in [0.4, 0.5) is 28.9 Å². The first-order valence-electron chi connectivity index (χ1n) is 8.56. The van der Waals surface area contributed by atoms with Crippen molar-refractivity contribution in [3.05, 3.63) is 77.1 Å². The minimum Gasteiger partial charge on any atom is -0.345 e. The van der Waals surface area contributed by atoms with E-state index in [4.69, 9.17) is 0 Å². The second kappa shape index (κ2) is 7.14. The minimum atomic E-state index is -4.71. The van der Waals surface area contributed by atoms with Crippen molar-refractivity contribution in [3.63, 3.8) is 0 Å². The molecule has 0 fully saturated rings. The summed E-state index contributed by atoms with van der Waals surface area (Å²) in [4.78, 5) is 31.3. The highest BCUT2D eigenvalue weighted by Gasteiger charge is 2.32. The van der Waals surface area contributed by atoms with Crippen molar-refractivity contribution in [3.8, 4) is 0 Å². The van der Waals surface area contributed by atoms with Gasteiger partial charge in [0.25, 0.3) is 11.8 Å². The van der Waals surface area contributed by atoms with Gasteiger partial charge in [-0.2, -0.15) is 13.2 Å². The van der Waals surface area contributed by atoms with Crippen molar-refractivity contribution in [1.29, 1.82) is 0 Å². The van der Waals surface area contributed by atoms with Crippen molar-refractivity contribution in [2.24, 2.45) is 0 Å². The van der Waals surface area contributed by atoms with E-state index in [1.807, 2.05) is 0 Å². The van der Waals surface area contributed by atoms with Gasteiger partial charge < -0.3 is 15.6 Å². The maximum absolute atomic E-state index is 14.0. The average Bonchev–Trinajstić information content (AvgIpc) is 3.30. The number of carbonyl (C=O) groups is 2. The molecule has 3 aromatic rings. The van der Waals surface area contributed by atoms with E-state index in [9.17, 15) is 27.2 Å². The fourth-order valence-electron chi connectivity index (χ4n) is 2.98. The highest BCUT2D eigenvalue weighted by Crippen LogP contribution is 2.35. The lowest BCUT2D eigenvalue weighted by molar-refractivity contribution is -0.137. The van der Waals surface area contributed by atoms with Crippen LogP contribution in [0, 0.1) is 5.82 Å². The van der Waals surface area contributed by atoms with Crippen LogP contribution in [0.15, 0.2) is 48.9 Å². The van der Waals surface area contributed by atoms with Crippen LogP contribution in [0.25, 0.3) is 11.6 Å². The molecule has 0 unspecified atom stereocenters. The molecular weight excluding hydrogens is 404 g/mol. The van der Waals surface area contributed by atoms with Crippen LogP contribution in [0.2, 0.25) is 0 Å². The lowest BCUT2D eigenvalue weighted by Crippen LogP contribution is -2.16. The third-order valence-electron chi connectivity index (χ3n) is 4.42. The number of anilines is 2. The largest absolute Gasteiger partial charge is 0.416 e. The maximum atomic E-state index is 14.0. The van der Waals surface area contributed by atoms with E-state index in [1.54, 1.807) is 6.08 Å². The Kier molecular flexibility index (Phi) is 4.61. The molecule has 3 N–H and O–H groups in total. The number of rotatable bonds is 3. The summed E-state index contributed by atoms with van der Waals surface area (Å²) < 4.78 is 52.6. The predicted molar refractivity (Wildman–Crippen MR) is 101 cm³/mol. The molecule has 4 rings (SSSR count). The number of nitrogens with one attached hydrogen (secondary N) is 3. The number of imidazole rings is 1. The molecule has 1 aliphatic heterocycles. The zero-order chi connectivity index (χ0) is 21.5. The monoisotopic (exact) mass is 416 g/mol. The van der Waals surface area contributed by atoms with E-state index in [-0.39, 0.29) is 11.6 Å². The van der Waals surface area contributed by atoms with Crippen molar-refractivity contribution in [2.45, 2.75) is 6.18 Å². The molecule has 2 aromatic carbocycles. The molecule has 6 nitrogen and oxygen atoms in total. The number of fused-ring (bicyclic) bond motifs is 1. The molecule has 0 saturated carbocycles. The SMILES string of the molecule is O=C1Nc2ccc(NC(=O)c3cc(C(F)(F)F)ccc3F)cc2/C1=C/c1cnc[nH]1. The molecule has 2 heterocycles. The zero-order valence-electron chi connectivity index (χ0n) is 15.0. The number of halogens is 4. The van der Waals surface area contributed by atoms with E-state index in [2.05, 4.69) is 20.6 Å². The summed E-state index contributed by atoms with van der Waals surface area (Å²) in [6.45, 7) is 0. The Morgan fingerprint density at radius 2 is 1.93 bits per heavy atom. The summed E-state index contributed by atoms with van der Waals surface area (Å²) in [6, 6.07) is 6.05. The van der Waals surface area contributed by atoms with Crippen LogP contribution in [-0.4, -0.2) is 21.8 Å². The highest BCUT2D eigenvalue weighted by molar-refractivity contribution is 6.35. The molecule has 0 bridgehead atoms. The number of hydrogen-bond donors (Lipinski definition) is 3. The molecule has 1 aliphatic rings. The fourth-order valence-corrected chi connectivity index (χ4v) is 2.98. The molecule has 2 amide bonds. The second-order valence-electron chi connectivity index (χ2n) is 6.43. The third-order valence-corrected chi connectivity index (χ3v) is 4.42. The number of aromatic amines is 1. The Balaban J connectivity index is 1.64. The lowest BCUT2D eigenvalue weighted by atomic mass is 10.0. The number of hydrogen-bond acceptors (Lipinski definition) is 3. The third kappa shape index (κ3) is 3.66. The number of H-pyrrole nitrogens is 1. The highest BCUT2D eigenvalue weighted by atomic mass is 19.4. The Morgan fingerprint density at radius 1 is 1.13 bits per heavy atom. The number of amides is 2. The predicted octanol–water partition coefficient (Wildman–Crippen LogP) is 4.31. The summed E-state index contributed by atoms with van der Waals surface area (Å²) in [5.74, 6) is -2.50. The van der Waals surface area contributed by atoms with Crippen molar-refractivity contribution in [2.75, 3.05) is 10.6 Å². The van der Waals surface area contributed by atoms with Gasteiger partial charge in [-0.25, -0.2) is 9.37 Å². The standard InChI is InChI=1S/C20H12F4N4O2/c21-16-3-1-10(20(22,23)24)5-15(16)19(30)27-11-2-4-17-13(6-11)14(18(29)28-17)7-12-8-25-9-26-12/h1-9H,(H,25,26)(H,27,30)(H,28,29)/b14-7-. The first kappa shape index (κ1) is 19.4. The molecule has 0 saturated heterocycles. The summed E-state index contributed by atoms with van der Waals surface area (Å²) in [6.07, 6.45) is -0.193. The van der Waals surface area contributed by atoms with Gasteiger partial charge in [-0.15, -0.1) is 0 Å². The van der Waals surface area contributed by atoms with E-state index >= 15 is 0 Å². The van der Waals surface area contributed by atoms with Crippen molar-refractivity contribution < 1.29 is 27.2 Å². The average molecular weight is 416 g/mol. The summed E-state index contributed by atoms with van der Waals surface area (Å²) >= 11 is 0. The summed E-state index contributed by atoms with van der Waals surface area (Å²) in [5.41, 5.74) is 0.146. The number of carbonyl (C=O) groups excluding carboxylic acids is 2. The Hall–Kier alpha value is -3.95. The van der Waals surface area contributed by atoms with Gasteiger partial charge in [0.15, 0.2) is 0 Å². The van der Waals surface area contributed by atoms with Gasteiger partial charge in [-0.05, 0) is 42.5 Å². The Morgan fingerprint density at radius 3 is 2.63 bits per heavy atom. The molecule has 0 atom stereocenters. The fraction of sp³-hybridized carbons (Fsp3) is 0.0500. The van der Waals surface area contributed by atoms with Crippen molar-refractivity contribution >= 4 is 34.8 Å². The van der Waals surface area contributed by atoms with Gasteiger partial charge >= 0.3 is 6.18 Å². The number of aromatic nitrogens is 2. The normalized spacial score (nSPS) is 14.5. The topological polar surface area (TPSA) is 86.9 Å². The molecule has 30 heavy (non-hydrogen) atoms. The van der Waals surface area contributed by atoms with Gasteiger partial charge in [0, 0.05) is 16.9 Å².